The lowest BCUT2D eigenvalue weighted by atomic mass is 9.91. The maximum atomic E-state index is 11.3. The van der Waals surface area contributed by atoms with Gasteiger partial charge in [-0.2, -0.15) is 0 Å². The summed E-state index contributed by atoms with van der Waals surface area (Å²) in [5.41, 5.74) is 5.21. The minimum absolute atomic E-state index is 0.174. The van der Waals surface area contributed by atoms with Crippen molar-refractivity contribution >= 4 is 5.97 Å². The molecule has 0 radical (unpaired) electrons. The predicted octanol–water partition coefficient (Wildman–Crippen LogP) is 1.71. The molecule has 2 aromatic rings. The molecule has 5 nitrogen and oxygen atoms in total. The van der Waals surface area contributed by atoms with Crippen molar-refractivity contribution in [2.24, 2.45) is 0 Å². The Kier molecular flexibility index (Phi) is 3.06. The van der Waals surface area contributed by atoms with Gasteiger partial charge in [0, 0.05) is 12.1 Å². The number of carbonyl (C=O) groups is 1. The lowest BCUT2D eigenvalue weighted by molar-refractivity contribution is -0.139. The topological polar surface area (TPSA) is 78.0 Å². The Bertz CT molecular complexity index is 663. The fraction of sp³-hybridized carbons (Fsp3) is 0.333. The zero-order valence-electron chi connectivity index (χ0n) is 11.5. The minimum atomic E-state index is -0.833. The van der Waals surface area contributed by atoms with E-state index in [0.29, 0.717) is 6.42 Å². The molecule has 3 rings (SSSR count). The van der Waals surface area contributed by atoms with E-state index in [1.54, 1.807) is 6.33 Å². The quantitative estimate of drug-likeness (QED) is 0.777. The number of carboxylic acids is 1. The summed E-state index contributed by atoms with van der Waals surface area (Å²) in [6.45, 7) is 4.09. The van der Waals surface area contributed by atoms with Gasteiger partial charge in [-0.3, -0.25) is 10.1 Å². The highest BCUT2D eigenvalue weighted by Gasteiger charge is 2.33. The van der Waals surface area contributed by atoms with Gasteiger partial charge in [0.2, 0.25) is 0 Å². The van der Waals surface area contributed by atoms with E-state index in [9.17, 15) is 9.90 Å². The summed E-state index contributed by atoms with van der Waals surface area (Å²) in [4.78, 5) is 18.7. The van der Waals surface area contributed by atoms with Crippen molar-refractivity contribution in [3.8, 4) is 0 Å². The van der Waals surface area contributed by atoms with Gasteiger partial charge in [0.25, 0.3) is 0 Å². The van der Waals surface area contributed by atoms with Crippen LogP contribution >= 0.6 is 0 Å². The molecule has 2 heterocycles. The van der Waals surface area contributed by atoms with Gasteiger partial charge >= 0.3 is 5.97 Å². The van der Waals surface area contributed by atoms with Gasteiger partial charge in [-0.25, -0.2) is 4.98 Å². The molecule has 0 amide bonds. The van der Waals surface area contributed by atoms with E-state index in [1.807, 2.05) is 26.0 Å². The van der Waals surface area contributed by atoms with E-state index in [2.05, 4.69) is 21.4 Å². The number of rotatable bonds is 2. The van der Waals surface area contributed by atoms with Crippen LogP contribution in [0.2, 0.25) is 0 Å². The lowest BCUT2D eigenvalue weighted by Crippen LogP contribution is -2.45. The molecule has 1 aliphatic heterocycles. The molecule has 0 fully saturated rings. The summed E-state index contributed by atoms with van der Waals surface area (Å²) in [5, 5.41) is 12.5. The molecule has 0 saturated carbocycles. The van der Waals surface area contributed by atoms with Gasteiger partial charge in [0.1, 0.15) is 6.04 Å². The first-order valence-corrected chi connectivity index (χ1v) is 6.64. The number of hydrogen-bond acceptors (Lipinski definition) is 3. The molecule has 1 aromatic carbocycles. The lowest BCUT2D eigenvalue weighted by Gasteiger charge is -2.29. The number of aliphatic carboxylic acids is 1. The van der Waals surface area contributed by atoms with Crippen molar-refractivity contribution in [2.75, 3.05) is 0 Å². The van der Waals surface area contributed by atoms with Gasteiger partial charge in [0.05, 0.1) is 18.1 Å². The number of H-pyrrole nitrogens is 1. The van der Waals surface area contributed by atoms with Gasteiger partial charge in [-0.15, -0.1) is 0 Å². The fourth-order valence-corrected chi connectivity index (χ4v) is 2.83. The Labute approximate surface area is 117 Å². The summed E-state index contributed by atoms with van der Waals surface area (Å²) in [5.74, 6) is -0.833. The largest absolute Gasteiger partial charge is 0.480 e. The van der Waals surface area contributed by atoms with Crippen LogP contribution in [0.4, 0.5) is 0 Å². The molecule has 0 unspecified atom stereocenters. The first-order chi connectivity index (χ1) is 9.56. The Hall–Kier alpha value is -2.14. The van der Waals surface area contributed by atoms with Crippen LogP contribution in [0.3, 0.4) is 0 Å². The smallest absolute Gasteiger partial charge is 0.321 e. The molecule has 2 atom stereocenters. The highest BCUT2D eigenvalue weighted by Crippen LogP contribution is 2.30. The van der Waals surface area contributed by atoms with Crippen LogP contribution in [-0.4, -0.2) is 27.1 Å². The first kappa shape index (κ1) is 12.9. The number of benzene rings is 1. The molecule has 20 heavy (non-hydrogen) atoms. The first-order valence-electron chi connectivity index (χ1n) is 6.64. The number of imidazole rings is 1. The van der Waals surface area contributed by atoms with Crippen LogP contribution in [0.5, 0.6) is 0 Å². The predicted molar refractivity (Wildman–Crippen MR) is 74.6 cm³/mol. The Morgan fingerprint density at radius 2 is 2.20 bits per heavy atom. The third kappa shape index (κ3) is 2.10. The maximum absolute atomic E-state index is 11.3. The molecule has 1 aliphatic rings. The molecule has 3 N–H and O–H groups in total. The van der Waals surface area contributed by atoms with Crippen LogP contribution < -0.4 is 5.32 Å². The number of nitrogens with zero attached hydrogens (tertiary/aromatic N) is 1. The summed E-state index contributed by atoms with van der Waals surface area (Å²) in [6, 6.07) is 5.43. The standard InChI is InChI=1S/C15H17N3O2/c1-8-3-4-10(9(2)5-8)13-14-11(16-7-17-14)6-12(18-13)15(19)20/h3-5,7,12-13,18H,6H2,1-2H3,(H,16,17)(H,19,20)/t12-,13+/m1/s1. The second-order valence-electron chi connectivity index (χ2n) is 5.32. The summed E-state index contributed by atoms with van der Waals surface area (Å²) in [6.07, 6.45) is 2.07. The number of aromatic nitrogens is 2. The Balaban J connectivity index is 2.06. The van der Waals surface area contributed by atoms with Gasteiger partial charge in [0.15, 0.2) is 0 Å². The third-order valence-electron chi connectivity index (χ3n) is 3.84. The molecule has 5 heteroatoms. The molecule has 1 aromatic heterocycles. The highest BCUT2D eigenvalue weighted by atomic mass is 16.4. The van der Waals surface area contributed by atoms with Crippen molar-refractivity contribution in [1.29, 1.82) is 0 Å². The van der Waals surface area contributed by atoms with E-state index >= 15 is 0 Å². The van der Waals surface area contributed by atoms with Crippen LogP contribution in [0.15, 0.2) is 24.5 Å². The fourth-order valence-electron chi connectivity index (χ4n) is 2.83. The van der Waals surface area contributed by atoms with E-state index in [1.165, 1.54) is 5.56 Å². The van der Waals surface area contributed by atoms with Crippen molar-refractivity contribution in [1.82, 2.24) is 15.3 Å². The minimum Gasteiger partial charge on any atom is -0.480 e. The van der Waals surface area contributed by atoms with Gasteiger partial charge in [-0.05, 0) is 25.0 Å². The monoisotopic (exact) mass is 271 g/mol. The summed E-state index contributed by atoms with van der Waals surface area (Å²) >= 11 is 0. The number of nitrogens with one attached hydrogen (secondary N) is 2. The van der Waals surface area contributed by atoms with Crippen molar-refractivity contribution in [2.45, 2.75) is 32.4 Å². The molecule has 0 saturated heterocycles. The van der Waals surface area contributed by atoms with E-state index in [4.69, 9.17) is 0 Å². The SMILES string of the molecule is Cc1ccc([C@@H]2N[C@@H](C(=O)O)Cc3[nH]cnc32)c(C)c1. The number of aromatic amines is 1. The zero-order chi connectivity index (χ0) is 14.3. The maximum Gasteiger partial charge on any atom is 0.321 e. The molecule has 0 aliphatic carbocycles. The van der Waals surface area contributed by atoms with E-state index < -0.39 is 12.0 Å². The zero-order valence-corrected chi connectivity index (χ0v) is 11.5. The van der Waals surface area contributed by atoms with Gasteiger partial charge < -0.3 is 10.1 Å². The number of carboxylic acid groups (broad SMARTS) is 1. The van der Waals surface area contributed by atoms with Crippen molar-refractivity contribution < 1.29 is 9.90 Å². The van der Waals surface area contributed by atoms with Crippen LogP contribution in [0, 0.1) is 13.8 Å². The van der Waals surface area contributed by atoms with Crippen molar-refractivity contribution in [3.05, 3.63) is 52.6 Å². The summed E-state index contributed by atoms with van der Waals surface area (Å²) < 4.78 is 0. The Morgan fingerprint density at radius 1 is 1.40 bits per heavy atom. The van der Waals surface area contributed by atoms with E-state index in [0.717, 1.165) is 22.5 Å². The molecular formula is C15H17N3O2. The van der Waals surface area contributed by atoms with Crippen LogP contribution in [-0.2, 0) is 11.2 Å². The normalized spacial score (nSPS) is 21.5. The molecular weight excluding hydrogens is 254 g/mol. The van der Waals surface area contributed by atoms with Crippen LogP contribution in [0.1, 0.15) is 34.1 Å². The number of fused-ring (bicyclic) bond motifs is 1. The Morgan fingerprint density at radius 3 is 2.90 bits per heavy atom. The number of aryl methyl sites for hydroxylation is 2. The third-order valence-corrected chi connectivity index (χ3v) is 3.84. The van der Waals surface area contributed by atoms with Crippen LogP contribution in [0.25, 0.3) is 0 Å². The van der Waals surface area contributed by atoms with Crippen molar-refractivity contribution in [3.63, 3.8) is 0 Å². The average molecular weight is 271 g/mol. The number of hydrogen-bond donors (Lipinski definition) is 3. The summed E-state index contributed by atoms with van der Waals surface area (Å²) in [7, 11) is 0. The second kappa shape index (κ2) is 4.76. The van der Waals surface area contributed by atoms with Gasteiger partial charge in [-0.1, -0.05) is 23.8 Å². The highest BCUT2D eigenvalue weighted by molar-refractivity contribution is 5.74. The average Bonchev–Trinajstić information content (AvgIpc) is 2.86. The van der Waals surface area contributed by atoms with E-state index in [-0.39, 0.29) is 6.04 Å². The second-order valence-corrected chi connectivity index (χ2v) is 5.32. The molecule has 0 bridgehead atoms. The molecule has 104 valence electrons. The molecule has 0 spiro atoms.